The van der Waals surface area contributed by atoms with Crippen molar-refractivity contribution in [2.75, 3.05) is 25.2 Å². The predicted octanol–water partition coefficient (Wildman–Crippen LogP) is 5.32. The molecule has 1 N–H and O–H groups in total. The van der Waals surface area contributed by atoms with Crippen molar-refractivity contribution < 1.29 is 19.6 Å². The van der Waals surface area contributed by atoms with Gasteiger partial charge in [-0.25, -0.2) is 9.78 Å². The molecule has 0 amide bonds. The highest BCUT2D eigenvalue weighted by molar-refractivity contribution is 7.20. The van der Waals surface area contributed by atoms with Crippen LogP contribution in [0.25, 0.3) is 21.5 Å². The summed E-state index contributed by atoms with van der Waals surface area (Å²) >= 11 is 1.25. The fraction of sp³-hybridized carbons (Fsp3) is 0.520. The van der Waals surface area contributed by atoms with Gasteiger partial charge >= 0.3 is 11.7 Å². The van der Waals surface area contributed by atoms with Gasteiger partial charge in [0.25, 0.3) is 0 Å². The average molecular weight is 499 g/mol. The van der Waals surface area contributed by atoms with Crippen LogP contribution in [0.5, 0.6) is 0 Å². The van der Waals surface area contributed by atoms with Gasteiger partial charge in [-0.2, -0.15) is 0 Å². The average Bonchev–Trinajstić information content (AvgIpc) is 3.60. The number of thiophene rings is 1. The van der Waals surface area contributed by atoms with E-state index in [0.717, 1.165) is 36.7 Å². The van der Waals surface area contributed by atoms with Crippen molar-refractivity contribution in [3.63, 3.8) is 0 Å². The summed E-state index contributed by atoms with van der Waals surface area (Å²) in [6.07, 6.45) is 10.2. The van der Waals surface area contributed by atoms with Crippen LogP contribution >= 0.6 is 11.3 Å². The van der Waals surface area contributed by atoms with E-state index >= 15 is 0 Å². The Morgan fingerprint density at radius 3 is 2.77 bits per heavy atom. The van der Waals surface area contributed by atoms with Gasteiger partial charge in [0, 0.05) is 30.8 Å². The van der Waals surface area contributed by atoms with Crippen LogP contribution < -0.4 is 4.90 Å². The van der Waals surface area contributed by atoms with E-state index in [0.29, 0.717) is 34.4 Å². The number of hydrogen-bond acceptors (Lipinski definition) is 8. The summed E-state index contributed by atoms with van der Waals surface area (Å²) in [5.74, 6) is -0.716. The lowest BCUT2D eigenvalue weighted by Crippen LogP contribution is -2.30. The number of aliphatic hydroxyl groups excluding tert-OH is 1. The van der Waals surface area contributed by atoms with E-state index in [-0.39, 0.29) is 23.9 Å². The zero-order valence-corrected chi connectivity index (χ0v) is 20.6. The second kappa shape index (κ2) is 9.94. The molecule has 3 aromatic rings. The molecule has 5 rings (SSSR count). The van der Waals surface area contributed by atoms with E-state index in [1.807, 2.05) is 29.4 Å². The second-order valence-corrected chi connectivity index (χ2v) is 10.4. The maximum Gasteiger partial charge on any atom is 0.347 e. The molecule has 10 heteroatoms. The van der Waals surface area contributed by atoms with E-state index < -0.39 is 10.9 Å². The molecule has 2 aliphatic rings. The summed E-state index contributed by atoms with van der Waals surface area (Å²) < 4.78 is 7.22. The summed E-state index contributed by atoms with van der Waals surface area (Å²) in [5.41, 5.74) is 2.25. The van der Waals surface area contributed by atoms with Crippen molar-refractivity contribution in [1.29, 1.82) is 0 Å². The number of carbonyl (C=O) groups excluding carboxylic acids is 1. The Kier molecular flexibility index (Phi) is 6.75. The maximum absolute atomic E-state index is 12.8. The van der Waals surface area contributed by atoms with E-state index in [4.69, 9.17) is 4.74 Å². The number of hydrogen-bond donors (Lipinski definition) is 1. The molecular weight excluding hydrogens is 468 g/mol. The molecule has 1 saturated heterocycles. The number of benzene rings is 1. The van der Waals surface area contributed by atoms with Crippen LogP contribution in [-0.4, -0.2) is 51.9 Å². The third-order valence-electron chi connectivity index (χ3n) is 7.34. The first-order valence-electron chi connectivity index (χ1n) is 12.3. The summed E-state index contributed by atoms with van der Waals surface area (Å²) in [5, 5.41) is 22.3. The minimum Gasteiger partial charge on any atom is -0.465 e. The largest absolute Gasteiger partial charge is 0.465 e. The van der Waals surface area contributed by atoms with Crippen LogP contribution in [-0.2, 0) is 4.74 Å². The number of rotatable bonds is 7. The molecule has 2 fully saturated rings. The molecule has 1 aliphatic heterocycles. The molecule has 0 bridgehead atoms. The third-order valence-corrected chi connectivity index (χ3v) is 8.61. The lowest BCUT2D eigenvalue weighted by Gasteiger charge is -2.25. The van der Waals surface area contributed by atoms with Gasteiger partial charge in [0.1, 0.15) is 9.88 Å². The monoisotopic (exact) mass is 498 g/mol. The van der Waals surface area contributed by atoms with Gasteiger partial charge < -0.3 is 19.3 Å². The molecule has 35 heavy (non-hydrogen) atoms. The van der Waals surface area contributed by atoms with E-state index in [9.17, 15) is 20.0 Å². The number of methoxy groups -OCH3 is 1. The number of nitrogens with zero attached hydrogens (tertiary/aromatic N) is 4. The van der Waals surface area contributed by atoms with E-state index in [2.05, 4.69) is 9.55 Å². The molecule has 186 valence electrons. The van der Waals surface area contributed by atoms with Gasteiger partial charge in [-0.3, -0.25) is 10.1 Å². The van der Waals surface area contributed by atoms with Crippen LogP contribution in [0.1, 0.15) is 67.8 Å². The third kappa shape index (κ3) is 4.29. The molecule has 2 aromatic heterocycles. The summed E-state index contributed by atoms with van der Waals surface area (Å²) in [4.78, 5) is 31.7. The number of fused-ring (bicyclic) bond motifs is 1. The second-order valence-electron chi connectivity index (χ2n) is 9.36. The maximum atomic E-state index is 12.8. The van der Waals surface area contributed by atoms with Crippen LogP contribution in [0.2, 0.25) is 0 Å². The molecule has 1 aromatic carbocycles. The van der Waals surface area contributed by atoms with Crippen molar-refractivity contribution in [2.45, 2.75) is 63.5 Å². The van der Waals surface area contributed by atoms with Crippen LogP contribution in [0.4, 0.5) is 10.7 Å². The fourth-order valence-electron chi connectivity index (χ4n) is 5.64. The highest BCUT2D eigenvalue weighted by atomic mass is 32.1. The Bertz CT molecular complexity index is 1250. The number of anilines is 1. The Labute approximate surface area is 207 Å². The molecule has 1 atom stereocenters. The standard InChI is InChI=1S/C25H30N4O5S/c1-34-25(31)21-22(29(32)33)23(35-24(21)27-12-5-8-18(27)11-13-30)16-9-10-20-19(14-16)26-15-28(20)17-6-3-2-4-7-17/h9-10,14-15,17-18,30H,2-8,11-13H2,1H3. The quantitative estimate of drug-likeness (QED) is 0.267. The zero-order chi connectivity index (χ0) is 24.5. The van der Waals surface area contributed by atoms with Gasteiger partial charge in [0.2, 0.25) is 0 Å². The molecule has 1 unspecified atom stereocenters. The minimum absolute atomic E-state index is 0.00447. The first-order valence-corrected chi connectivity index (χ1v) is 13.1. The lowest BCUT2D eigenvalue weighted by atomic mass is 9.95. The van der Waals surface area contributed by atoms with Gasteiger partial charge in [0.05, 0.1) is 29.4 Å². The first kappa shape index (κ1) is 23.7. The normalized spacial score (nSPS) is 18.9. The number of imidazole rings is 1. The molecule has 1 aliphatic carbocycles. The van der Waals surface area contributed by atoms with Crippen molar-refractivity contribution in [1.82, 2.24) is 9.55 Å². The highest BCUT2D eigenvalue weighted by Crippen LogP contribution is 2.49. The van der Waals surface area contributed by atoms with Crippen molar-refractivity contribution >= 4 is 39.0 Å². The number of ether oxygens (including phenoxy) is 1. The lowest BCUT2D eigenvalue weighted by molar-refractivity contribution is -0.384. The van der Waals surface area contributed by atoms with Crippen LogP contribution in [0.3, 0.4) is 0 Å². The zero-order valence-electron chi connectivity index (χ0n) is 19.8. The molecule has 0 radical (unpaired) electrons. The van der Waals surface area contributed by atoms with E-state index in [1.165, 1.54) is 37.7 Å². The van der Waals surface area contributed by atoms with Crippen molar-refractivity contribution in [2.24, 2.45) is 0 Å². The van der Waals surface area contributed by atoms with Crippen LogP contribution in [0.15, 0.2) is 24.5 Å². The van der Waals surface area contributed by atoms with Gasteiger partial charge in [-0.15, -0.1) is 11.3 Å². The number of esters is 1. The topological polar surface area (TPSA) is 111 Å². The highest BCUT2D eigenvalue weighted by Gasteiger charge is 2.38. The molecule has 9 nitrogen and oxygen atoms in total. The predicted molar refractivity (Wildman–Crippen MR) is 135 cm³/mol. The summed E-state index contributed by atoms with van der Waals surface area (Å²) in [6.45, 7) is 0.700. The Balaban J connectivity index is 1.61. The van der Waals surface area contributed by atoms with Gasteiger partial charge in [-0.05, 0) is 44.2 Å². The number of aromatic nitrogens is 2. The van der Waals surface area contributed by atoms with E-state index in [1.54, 1.807) is 0 Å². The van der Waals surface area contributed by atoms with Gasteiger partial charge in [-0.1, -0.05) is 25.3 Å². The fourth-order valence-corrected chi connectivity index (χ4v) is 7.00. The number of carbonyl (C=O) groups is 1. The van der Waals surface area contributed by atoms with Crippen molar-refractivity contribution in [3.8, 4) is 10.4 Å². The molecular formula is C25H30N4O5S. The SMILES string of the molecule is COC(=O)c1c(N2CCCC2CCO)sc(-c2ccc3c(c2)ncn3C2CCCCC2)c1[N+](=O)[O-]. The Morgan fingerprint density at radius 1 is 1.26 bits per heavy atom. The first-order chi connectivity index (χ1) is 17.0. The van der Waals surface area contributed by atoms with Gasteiger partial charge in [0.15, 0.2) is 5.56 Å². The molecule has 1 saturated carbocycles. The number of aliphatic hydroxyl groups is 1. The molecule has 0 spiro atoms. The Morgan fingerprint density at radius 2 is 2.06 bits per heavy atom. The summed E-state index contributed by atoms with van der Waals surface area (Å²) in [6, 6.07) is 6.22. The number of nitro groups is 1. The van der Waals surface area contributed by atoms with Crippen molar-refractivity contribution in [3.05, 3.63) is 40.2 Å². The molecule has 3 heterocycles. The van der Waals surface area contributed by atoms with Crippen LogP contribution in [0, 0.1) is 10.1 Å². The smallest absolute Gasteiger partial charge is 0.347 e. The minimum atomic E-state index is -0.716. The Hall–Kier alpha value is -2.98. The summed E-state index contributed by atoms with van der Waals surface area (Å²) in [7, 11) is 1.24.